The largest absolute Gasteiger partial charge is 0.507 e. The van der Waals surface area contributed by atoms with Gasteiger partial charge in [-0.15, -0.1) is 0 Å². The Morgan fingerprint density at radius 1 is 1.20 bits per heavy atom. The number of phenolic OH excluding ortho intramolecular Hbond substituents is 1. The third kappa shape index (κ3) is 2.97. The van der Waals surface area contributed by atoms with Gasteiger partial charge in [0.15, 0.2) is 0 Å². The molecule has 3 atom stereocenters. The number of aryl methyl sites for hydroxylation is 1. The number of epoxide rings is 1. The van der Waals surface area contributed by atoms with Gasteiger partial charge in [0.2, 0.25) is 0 Å². The monoisotopic (exact) mass is 342 g/mol. The minimum Gasteiger partial charge on any atom is -0.507 e. The average molecular weight is 342 g/mol. The van der Waals surface area contributed by atoms with Crippen LogP contribution in [-0.2, 0) is 4.74 Å². The Labute approximate surface area is 151 Å². The molecule has 1 saturated carbocycles. The predicted molar refractivity (Wildman–Crippen MR) is 99.9 cm³/mol. The molecule has 0 unspecified atom stereocenters. The van der Waals surface area contributed by atoms with Crippen LogP contribution in [0.25, 0.3) is 6.08 Å². The van der Waals surface area contributed by atoms with Crippen LogP contribution in [0.4, 0.5) is 0 Å². The van der Waals surface area contributed by atoms with Crippen molar-refractivity contribution >= 4 is 6.08 Å². The van der Waals surface area contributed by atoms with Crippen LogP contribution >= 0.6 is 0 Å². The smallest absolute Gasteiger partial charge is 0.131 e. The van der Waals surface area contributed by atoms with Crippen LogP contribution in [0.1, 0.15) is 64.0 Å². The molecule has 1 aliphatic carbocycles. The Balaban J connectivity index is 1.52. The third-order valence-corrected chi connectivity index (χ3v) is 6.65. The van der Waals surface area contributed by atoms with E-state index in [1.165, 1.54) is 19.3 Å². The highest BCUT2D eigenvalue weighted by molar-refractivity contribution is 5.67. The molecule has 4 rings (SSSR count). The number of hydrogen-bond acceptors (Lipinski definition) is 3. The van der Waals surface area contributed by atoms with Crippen LogP contribution in [0.5, 0.6) is 11.5 Å². The molecule has 1 spiro atoms. The van der Waals surface area contributed by atoms with E-state index >= 15 is 0 Å². The van der Waals surface area contributed by atoms with E-state index < -0.39 is 0 Å². The summed E-state index contributed by atoms with van der Waals surface area (Å²) in [6.45, 7) is 9.87. The fraction of sp³-hybridized carbons (Fsp3) is 0.636. The van der Waals surface area contributed by atoms with Gasteiger partial charge in [0.25, 0.3) is 0 Å². The van der Waals surface area contributed by atoms with Gasteiger partial charge in [0.1, 0.15) is 17.1 Å². The zero-order chi connectivity index (χ0) is 17.9. The van der Waals surface area contributed by atoms with Crippen LogP contribution < -0.4 is 4.74 Å². The second-order valence-corrected chi connectivity index (χ2v) is 9.23. The van der Waals surface area contributed by atoms with Crippen molar-refractivity contribution in [3.8, 4) is 11.5 Å². The van der Waals surface area contributed by atoms with E-state index in [1.807, 2.05) is 19.1 Å². The summed E-state index contributed by atoms with van der Waals surface area (Å²) in [7, 11) is 0. The first-order valence-electron chi connectivity index (χ1n) is 9.59. The highest BCUT2D eigenvalue weighted by atomic mass is 16.6. The summed E-state index contributed by atoms with van der Waals surface area (Å²) in [6.07, 6.45) is 9.99. The first-order valence-corrected chi connectivity index (χ1v) is 9.59. The Kier molecular flexibility index (Phi) is 3.74. The Morgan fingerprint density at radius 3 is 2.68 bits per heavy atom. The van der Waals surface area contributed by atoms with Crippen molar-refractivity contribution < 1.29 is 14.6 Å². The molecule has 1 saturated heterocycles. The lowest BCUT2D eigenvalue weighted by atomic mass is 9.61. The fourth-order valence-electron chi connectivity index (χ4n) is 5.10. The van der Waals surface area contributed by atoms with E-state index in [9.17, 15) is 5.11 Å². The van der Waals surface area contributed by atoms with Gasteiger partial charge in [-0.2, -0.15) is 0 Å². The summed E-state index contributed by atoms with van der Waals surface area (Å²) < 4.78 is 12.3. The van der Waals surface area contributed by atoms with Gasteiger partial charge >= 0.3 is 0 Å². The van der Waals surface area contributed by atoms with E-state index in [2.05, 4.69) is 26.8 Å². The van der Waals surface area contributed by atoms with E-state index in [0.717, 1.165) is 36.3 Å². The maximum Gasteiger partial charge on any atom is 0.131 e. The second kappa shape index (κ2) is 5.51. The Bertz CT molecular complexity index is 708. The molecule has 0 aromatic heterocycles. The van der Waals surface area contributed by atoms with E-state index in [0.29, 0.717) is 17.1 Å². The number of rotatable bonds is 3. The molecule has 1 aromatic carbocycles. The highest BCUT2D eigenvalue weighted by Crippen LogP contribution is 2.56. The Hall–Kier alpha value is -1.48. The first kappa shape index (κ1) is 17.0. The molecule has 2 fully saturated rings. The lowest BCUT2D eigenvalue weighted by molar-refractivity contribution is 0.0202. The summed E-state index contributed by atoms with van der Waals surface area (Å²) >= 11 is 0. The molecule has 1 N–H and O–H groups in total. The van der Waals surface area contributed by atoms with Crippen molar-refractivity contribution in [2.45, 2.75) is 71.0 Å². The van der Waals surface area contributed by atoms with Gasteiger partial charge in [0, 0.05) is 0 Å². The molecular formula is C22H30O3. The molecule has 0 bridgehead atoms. The molecular weight excluding hydrogens is 312 g/mol. The van der Waals surface area contributed by atoms with Crippen LogP contribution in [0.2, 0.25) is 0 Å². The number of fused-ring (bicyclic) bond motifs is 1. The van der Waals surface area contributed by atoms with Crippen LogP contribution in [0.3, 0.4) is 0 Å². The predicted octanol–water partition coefficient (Wildman–Crippen LogP) is 5.24. The standard InChI is InChI=1S/C22H30O3/c1-15-12-17(23)16-6-10-21(4,25-18(16)13-15)11-7-19-20(2,3)8-5-9-22(19)14-24-22/h6,10,12-13,19,23H,5,7-9,11,14H2,1-4H3/t19-,21-,22-/m1/s1. The molecule has 3 nitrogen and oxygen atoms in total. The third-order valence-electron chi connectivity index (χ3n) is 6.65. The summed E-state index contributed by atoms with van der Waals surface area (Å²) in [5.74, 6) is 1.68. The van der Waals surface area contributed by atoms with Crippen LogP contribution in [0, 0.1) is 18.3 Å². The first-order chi connectivity index (χ1) is 11.7. The summed E-state index contributed by atoms with van der Waals surface area (Å²) in [5, 5.41) is 10.1. The fourth-order valence-corrected chi connectivity index (χ4v) is 5.10. The van der Waals surface area contributed by atoms with Crippen LogP contribution in [-0.4, -0.2) is 22.9 Å². The molecule has 0 radical (unpaired) electrons. The van der Waals surface area contributed by atoms with Crippen molar-refractivity contribution in [2.75, 3.05) is 6.61 Å². The van der Waals surface area contributed by atoms with E-state index in [-0.39, 0.29) is 11.2 Å². The second-order valence-electron chi connectivity index (χ2n) is 9.23. The summed E-state index contributed by atoms with van der Waals surface area (Å²) in [5.41, 5.74) is 1.96. The number of hydrogen-bond donors (Lipinski definition) is 1. The zero-order valence-electron chi connectivity index (χ0n) is 15.9. The molecule has 3 heteroatoms. The quantitative estimate of drug-likeness (QED) is 0.764. The minimum absolute atomic E-state index is 0.142. The van der Waals surface area contributed by atoms with Crippen molar-refractivity contribution in [3.63, 3.8) is 0 Å². The molecule has 0 amide bonds. The van der Waals surface area contributed by atoms with Crippen molar-refractivity contribution in [1.82, 2.24) is 0 Å². The van der Waals surface area contributed by atoms with Crippen molar-refractivity contribution in [3.05, 3.63) is 29.3 Å². The van der Waals surface area contributed by atoms with Gasteiger partial charge in [-0.25, -0.2) is 0 Å². The van der Waals surface area contributed by atoms with Gasteiger partial charge in [-0.3, -0.25) is 0 Å². The molecule has 136 valence electrons. The lowest BCUT2D eigenvalue weighted by Gasteiger charge is -2.44. The molecule has 3 aliphatic rings. The molecule has 2 heterocycles. The minimum atomic E-state index is -0.323. The number of ether oxygens (including phenoxy) is 2. The molecule has 1 aromatic rings. The van der Waals surface area contributed by atoms with Gasteiger partial charge in [-0.05, 0) is 87.1 Å². The summed E-state index contributed by atoms with van der Waals surface area (Å²) in [6, 6.07) is 3.81. The average Bonchev–Trinajstić information content (AvgIpc) is 3.25. The SMILES string of the molecule is Cc1cc(O)c2c(c1)O[C@@](C)(CC[C@@H]1C(C)(C)CCC[C@@]13CO3)C=C2. The zero-order valence-corrected chi connectivity index (χ0v) is 15.9. The van der Waals surface area contributed by atoms with E-state index in [4.69, 9.17) is 9.47 Å². The normalized spacial score (nSPS) is 35.3. The van der Waals surface area contributed by atoms with Gasteiger partial charge < -0.3 is 14.6 Å². The van der Waals surface area contributed by atoms with Gasteiger partial charge in [0.05, 0.1) is 17.8 Å². The maximum atomic E-state index is 10.1. The number of benzene rings is 1. The molecule has 2 aliphatic heterocycles. The van der Waals surface area contributed by atoms with E-state index in [1.54, 1.807) is 6.07 Å². The van der Waals surface area contributed by atoms with Crippen LogP contribution in [0.15, 0.2) is 18.2 Å². The topological polar surface area (TPSA) is 42.0 Å². The van der Waals surface area contributed by atoms with Crippen molar-refractivity contribution in [2.24, 2.45) is 11.3 Å². The lowest BCUT2D eigenvalue weighted by Crippen LogP contribution is -2.43. The Morgan fingerprint density at radius 2 is 1.96 bits per heavy atom. The van der Waals surface area contributed by atoms with Gasteiger partial charge in [-0.1, -0.05) is 13.8 Å². The van der Waals surface area contributed by atoms with Crippen molar-refractivity contribution in [1.29, 1.82) is 0 Å². The molecule has 25 heavy (non-hydrogen) atoms. The summed E-state index contributed by atoms with van der Waals surface area (Å²) in [4.78, 5) is 0. The number of phenols is 1. The maximum absolute atomic E-state index is 10.1. The highest BCUT2D eigenvalue weighted by Gasteiger charge is 2.58. The number of aromatic hydroxyl groups is 1.